The molecule has 2 aromatic rings. The molecule has 0 aliphatic rings. The van der Waals surface area contributed by atoms with Crippen LogP contribution < -0.4 is 5.73 Å². The topological polar surface area (TPSA) is 26.0 Å². The summed E-state index contributed by atoms with van der Waals surface area (Å²) in [4.78, 5) is 0. The lowest BCUT2D eigenvalue weighted by Gasteiger charge is -2.12. The predicted octanol–water partition coefficient (Wildman–Crippen LogP) is 3.89. The van der Waals surface area contributed by atoms with E-state index in [9.17, 15) is 0 Å². The van der Waals surface area contributed by atoms with Gasteiger partial charge in [-0.1, -0.05) is 53.6 Å². The maximum absolute atomic E-state index is 6.19. The maximum Gasteiger partial charge on any atom is 0.0409 e. The van der Waals surface area contributed by atoms with Gasteiger partial charge in [0.1, 0.15) is 0 Å². The van der Waals surface area contributed by atoms with Crippen LogP contribution in [0.25, 0.3) is 0 Å². The molecule has 88 valence electrons. The summed E-state index contributed by atoms with van der Waals surface area (Å²) in [5.74, 6) is 0. The number of aryl methyl sites for hydroxylation is 1. The highest BCUT2D eigenvalue weighted by molar-refractivity contribution is 6.30. The molecule has 0 saturated carbocycles. The Balaban J connectivity index is 2.14. The number of benzene rings is 2. The molecule has 1 atom stereocenters. The van der Waals surface area contributed by atoms with Crippen molar-refractivity contribution in [2.24, 2.45) is 5.73 Å². The van der Waals surface area contributed by atoms with Crippen LogP contribution in [0, 0.1) is 6.92 Å². The summed E-state index contributed by atoms with van der Waals surface area (Å²) >= 11 is 5.96. The van der Waals surface area contributed by atoms with E-state index in [1.807, 2.05) is 24.3 Å². The first-order valence-corrected chi connectivity index (χ1v) is 6.09. The smallest absolute Gasteiger partial charge is 0.0409 e. The Morgan fingerprint density at radius 2 is 1.88 bits per heavy atom. The van der Waals surface area contributed by atoms with Gasteiger partial charge in [-0.05, 0) is 36.6 Å². The summed E-state index contributed by atoms with van der Waals surface area (Å²) in [6, 6.07) is 16.2. The quantitative estimate of drug-likeness (QED) is 0.872. The highest BCUT2D eigenvalue weighted by atomic mass is 35.5. The van der Waals surface area contributed by atoms with Gasteiger partial charge >= 0.3 is 0 Å². The fourth-order valence-corrected chi connectivity index (χ4v) is 2.15. The summed E-state index contributed by atoms with van der Waals surface area (Å²) in [5.41, 5.74) is 9.80. The Morgan fingerprint density at radius 1 is 1.12 bits per heavy atom. The van der Waals surface area contributed by atoms with Gasteiger partial charge in [-0.15, -0.1) is 0 Å². The molecule has 2 aromatic carbocycles. The standard InChI is InChI=1S/C15H16ClN/c1-11-4-2-5-12(8-11)9-15(17)13-6-3-7-14(16)10-13/h2-8,10,15H,9,17H2,1H3/t15-/m0/s1. The van der Waals surface area contributed by atoms with Gasteiger partial charge in [-0.25, -0.2) is 0 Å². The van der Waals surface area contributed by atoms with Crippen molar-refractivity contribution in [3.8, 4) is 0 Å². The lowest BCUT2D eigenvalue weighted by atomic mass is 9.99. The average Bonchev–Trinajstić information content (AvgIpc) is 2.29. The molecule has 0 unspecified atom stereocenters. The second kappa shape index (κ2) is 5.35. The van der Waals surface area contributed by atoms with Crippen LogP contribution >= 0.6 is 11.6 Å². The molecule has 2 heteroatoms. The van der Waals surface area contributed by atoms with E-state index in [2.05, 4.69) is 31.2 Å². The molecule has 0 aliphatic carbocycles. The van der Waals surface area contributed by atoms with E-state index in [1.165, 1.54) is 11.1 Å². The minimum Gasteiger partial charge on any atom is -0.324 e. The average molecular weight is 246 g/mol. The lowest BCUT2D eigenvalue weighted by molar-refractivity contribution is 0.721. The van der Waals surface area contributed by atoms with Crippen molar-refractivity contribution in [3.05, 3.63) is 70.2 Å². The van der Waals surface area contributed by atoms with Crippen molar-refractivity contribution in [3.63, 3.8) is 0 Å². The van der Waals surface area contributed by atoms with Gasteiger partial charge in [-0.2, -0.15) is 0 Å². The number of hydrogen-bond acceptors (Lipinski definition) is 1. The van der Waals surface area contributed by atoms with E-state index in [4.69, 9.17) is 17.3 Å². The molecule has 0 aromatic heterocycles. The molecular weight excluding hydrogens is 230 g/mol. The first-order valence-electron chi connectivity index (χ1n) is 5.72. The highest BCUT2D eigenvalue weighted by Crippen LogP contribution is 2.19. The maximum atomic E-state index is 6.19. The summed E-state index contributed by atoms with van der Waals surface area (Å²) in [6.07, 6.45) is 0.835. The van der Waals surface area contributed by atoms with Crippen molar-refractivity contribution in [2.45, 2.75) is 19.4 Å². The number of halogens is 1. The van der Waals surface area contributed by atoms with Crippen LogP contribution in [0.4, 0.5) is 0 Å². The van der Waals surface area contributed by atoms with Crippen molar-refractivity contribution in [1.82, 2.24) is 0 Å². The van der Waals surface area contributed by atoms with Gasteiger partial charge in [0.15, 0.2) is 0 Å². The first-order chi connectivity index (χ1) is 8.15. The van der Waals surface area contributed by atoms with Gasteiger partial charge < -0.3 is 5.73 Å². The monoisotopic (exact) mass is 245 g/mol. The summed E-state index contributed by atoms with van der Waals surface area (Å²) in [7, 11) is 0. The van der Waals surface area contributed by atoms with Crippen LogP contribution in [0.1, 0.15) is 22.7 Å². The Bertz CT molecular complexity index is 508. The van der Waals surface area contributed by atoms with Gasteiger partial charge in [0.2, 0.25) is 0 Å². The predicted molar refractivity (Wildman–Crippen MR) is 73.3 cm³/mol. The second-order valence-electron chi connectivity index (χ2n) is 4.35. The summed E-state index contributed by atoms with van der Waals surface area (Å²) in [5, 5.41) is 0.738. The largest absolute Gasteiger partial charge is 0.324 e. The molecule has 0 saturated heterocycles. The lowest BCUT2D eigenvalue weighted by Crippen LogP contribution is -2.13. The SMILES string of the molecule is Cc1cccc(C[C@H](N)c2cccc(Cl)c2)c1. The first kappa shape index (κ1) is 12.2. The van der Waals surface area contributed by atoms with Gasteiger partial charge in [0, 0.05) is 11.1 Å². The Kier molecular flexibility index (Phi) is 3.82. The van der Waals surface area contributed by atoms with Crippen molar-refractivity contribution in [1.29, 1.82) is 0 Å². The third-order valence-electron chi connectivity index (χ3n) is 2.81. The molecule has 0 bridgehead atoms. The van der Waals surface area contributed by atoms with E-state index in [-0.39, 0.29) is 6.04 Å². The fourth-order valence-electron chi connectivity index (χ4n) is 1.95. The summed E-state index contributed by atoms with van der Waals surface area (Å²) in [6.45, 7) is 2.09. The van der Waals surface area contributed by atoms with Crippen LogP contribution in [0.3, 0.4) is 0 Å². The van der Waals surface area contributed by atoms with Crippen LogP contribution in [-0.2, 0) is 6.42 Å². The molecular formula is C15H16ClN. The van der Waals surface area contributed by atoms with E-state index in [0.29, 0.717) is 0 Å². The molecule has 0 fully saturated rings. The van der Waals surface area contributed by atoms with Gasteiger partial charge in [0.25, 0.3) is 0 Å². The molecule has 0 aliphatic heterocycles. The number of hydrogen-bond donors (Lipinski definition) is 1. The molecule has 2 rings (SSSR count). The minimum atomic E-state index is -0.00417. The number of nitrogens with two attached hydrogens (primary N) is 1. The molecule has 0 amide bonds. The molecule has 0 radical (unpaired) electrons. The Morgan fingerprint density at radius 3 is 2.59 bits per heavy atom. The van der Waals surface area contributed by atoms with Gasteiger partial charge in [-0.3, -0.25) is 0 Å². The zero-order chi connectivity index (χ0) is 12.3. The molecule has 0 heterocycles. The second-order valence-corrected chi connectivity index (χ2v) is 4.79. The zero-order valence-electron chi connectivity index (χ0n) is 9.86. The van der Waals surface area contributed by atoms with Crippen LogP contribution in [0.15, 0.2) is 48.5 Å². The Hall–Kier alpha value is -1.31. The molecule has 1 nitrogen and oxygen atoms in total. The third-order valence-corrected chi connectivity index (χ3v) is 3.05. The van der Waals surface area contributed by atoms with Gasteiger partial charge in [0.05, 0.1) is 0 Å². The zero-order valence-corrected chi connectivity index (χ0v) is 10.6. The Labute approximate surface area is 107 Å². The van der Waals surface area contributed by atoms with Crippen LogP contribution in [0.2, 0.25) is 5.02 Å². The highest BCUT2D eigenvalue weighted by Gasteiger charge is 2.07. The normalized spacial score (nSPS) is 12.4. The third kappa shape index (κ3) is 3.32. The molecule has 17 heavy (non-hydrogen) atoms. The minimum absolute atomic E-state index is 0.00417. The fraction of sp³-hybridized carbons (Fsp3) is 0.200. The van der Waals surface area contributed by atoms with Crippen LogP contribution in [-0.4, -0.2) is 0 Å². The van der Waals surface area contributed by atoms with E-state index in [0.717, 1.165) is 17.0 Å². The molecule has 2 N–H and O–H groups in total. The van der Waals surface area contributed by atoms with Crippen molar-refractivity contribution >= 4 is 11.6 Å². The summed E-state index contributed by atoms with van der Waals surface area (Å²) < 4.78 is 0. The number of rotatable bonds is 3. The van der Waals surface area contributed by atoms with E-state index < -0.39 is 0 Å². The van der Waals surface area contributed by atoms with E-state index >= 15 is 0 Å². The van der Waals surface area contributed by atoms with Crippen LogP contribution in [0.5, 0.6) is 0 Å². The van der Waals surface area contributed by atoms with E-state index in [1.54, 1.807) is 0 Å². The molecule has 0 spiro atoms. The van der Waals surface area contributed by atoms with Crippen molar-refractivity contribution < 1.29 is 0 Å². The van der Waals surface area contributed by atoms with Crippen molar-refractivity contribution in [2.75, 3.05) is 0 Å².